The monoisotopic (exact) mass is 433 g/mol. The highest BCUT2D eigenvalue weighted by Crippen LogP contribution is 2.24. The fourth-order valence-corrected chi connectivity index (χ4v) is 3.84. The normalized spacial score (nSPS) is 11.8. The number of nitrogens with zero attached hydrogens (tertiary/aromatic N) is 4. The summed E-state index contributed by atoms with van der Waals surface area (Å²) in [6.45, 7) is 9.16. The maximum atomic E-state index is 13.4. The molecule has 7 heteroatoms. The van der Waals surface area contributed by atoms with Gasteiger partial charge in [-0.05, 0) is 49.6 Å². The third kappa shape index (κ3) is 4.99. The molecule has 2 aromatic heterocycles. The van der Waals surface area contributed by atoms with Crippen LogP contribution in [0, 0.1) is 6.92 Å². The van der Waals surface area contributed by atoms with E-state index >= 15 is 0 Å². The van der Waals surface area contributed by atoms with Crippen molar-refractivity contribution in [1.29, 1.82) is 0 Å². The first kappa shape index (κ1) is 23.1. The zero-order valence-corrected chi connectivity index (χ0v) is 19.2. The largest absolute Gasteiger partial charge is 0.351 e. The van der Waals surface area contributed by atoms with Crippen molar-refractivity contribution in [3.05, 3.63) is 84.0 Å². The lowest BCUT2D eigenvalue weighted by molar-refractivity contribution is 0.0748. The van der Waals surface area contributed by atoms with Crippen molar-refractivity contribution in [3.63, 3.8) is 0 Å². The average Bonchev–Trinajstić information content (AvgIpc) is 3.40. The number of hydrogen-bond donors (Lipinski definition) is 1. The Hall–Kier alpha value is -3.61. The molecular weight excluding hydrogens is 402 g/mol. The Balaban J connectivity index is 1.80. The second kappa shape index (κ2) is 10.1. The molecule has 0 radical (unpaired) electrons. The van der Waals surface area contributed by atoms with Crippen LogP contribution in [0.3, 0.4) is 0 Å². The van der Waals surface area contributed by atoms with E-state index in [0.29, 0.717) is 30.9 Å². The number of nitrogens with one attached hydrogen (secondary N) is 1. The Morgan fingerprint density at radius 2 is 1.88 bits per heavy atom. The van der Waals surface area contributed by atoms with Gasteiger partial charge in [-0.3, -0.25) is 14.3 Å². The number of aryl methyl sites for hydroxylation is 3. The van der Waals surface area contributed by atoms with Gasteiger partial charge in [0.25, 0.3) is 11.8 Å². The number of amides is 2. The summed E-state index contributed by atoms with van der Waals surface area (Å²) in [5, 5.41) is 7.37. The number of benzene rings is 1. The number of hydrogen-bond acceptors (Lipinski definition) is 3. The molecule has 0 bridgehead atoms. The van der Waals surface area contributed by atoms with Crippen LogP contribution in [0.1, 0.15) is 45.6 Å². The van der Waals surface area contributed by atoms with Crippen LogP contribution in [0.2, 0.25) is 0 Å². The predicted octanol–water partition coefficient (Wildman–Crippen LogP) is 3.52. The van der Waals surface area contributed by atoms with E-state index in [1.165, 1.54) is 0 Å². The van der Waals surface area contributed by atoms with Gasteiger partial charge in [0.1, 0.15) is 11.4 Å². The van der Waals surface area contributed by atoms with Gasteiger partial charge in [-0.1, -0.05) is 36.9 Å². The van der Waals surface area contributed by atoms with Crippen LogP contribution in [0.15, 0.2) is 61.3 Å². The van der Waals surface area contributed by atoms with Gasteiger partial charge in [-0.15, -0.1) is 0 Å². The molecule has 0 aliphatic carbocycles. The van der Waals surface area contributed by atoms with Crippen molar-refractivity contribution < 1.29 is 9.59 Å². The lowest BCUT2D eigenvalue weighted by atomic mass is 9.96. The predicted molar refractivity (Wildman–Crippen MR) is 126 cm³/mol. The smallest absolute Gasteiger partial charge is 0.272 e. The van der Waals surface area contributed by atoms with Crippen LogP contribution in [0.5, 0.6) is 0 Å². The van der Waals surface area contributed by atoms with Crippen molar-refractivity contribution in [2.24, 2.45) is 7.05 Å². The van der Waals surface area contributed by atoms with E-state index in [-0.39, 0.29) is 17.9 Å². The molecule has 2 amide bonds. The minimum absolute atomic E-state index is 0.122. The molecule has 3 aromatic rings. The minimum Gasteiger partial charge on any atom is -0.351 e. The summed E-state index contributed by atoms with van der Waals surface area (Å²) in [6, 6.07) is 14.9. The SMILES string of the molecule is C=C(c1ccccc1)C(CCNC(=O)c1cccn1C)N(C)C(=O)c1cc(C)nn1CC. The topological polar surface area (TPSA) is 72.2 Å². The zero-order valence-electron chi connectivity index (χ0n) is 19.2. The summed E-state index contributed by atoms with van der Waals surface area (Å²) in [5.74, 6) is -0.265. The van der Waals surface area contributed by atoms with Gasteiger partial charge in [0.05, 0.1) is 11.7 Å². The second-order valence-corrected chi connectivity index (χ2v) is 7.86. The molecule has 0 spiro atoms. The van der Waals surface area contributed by atoms with E-state index in [2.05, 4.69) is 17.0 Å². The highest BCUT2D eigenvalue weighted by molar-refractivity contribution is 5.94. The fourth-order valence-electron chi connectivity index (χ4n) is 3.84. The molecular formula is C25H31N5O2. The highest BCUT2D eigenvalue weighted by atomic mass is 16.2. The third-order valence-corrected chi connectivity index (χ3v) is 5.64. The molecule has 0 fully saturated rings. The first-order valence-electron chi connectivity index (χ1n) is 10.8. The first-order valence-corrected chi connectivity index (χ1v) is 10.8. The van der Waals surface area contributed by atoms with Crippen molar-refractivity contribution in [2.45, 2.75) is 32.9 Å². The van der Waals surface area contributed by atoms with Crippen molar-refractivity contribution in [3.8, 4) is 0 Å². The van der Waals surface area contributed by atoms with Crippen LogP contribution in [0.4, 0.5) is 0 Å². The summed E-state index contributed by atoms with van der Waals surface area (Å²) < 4.78 is 3.49. The van der Waals surface area contributed by atoms with Gasteiger partial charge in [-0.2, -0.15) is 5.10 Å². The van der Waals surface area contributed by atoms with Crippen LogP contribution >= 0.6 is 0 Å². The molecule has 3 rings (SSSR count). The minimum atomic E-state index is -0.292. The Kier molecular flexibility index (Phi) is 7.30. The molecule has 0 aliphatic heterocycles. The van der Waals surface area contributed by atoms with Gasteiger partial charge in [-0.25, -0.2) is 0 Å². The van der Waals surface area contributed by atoms with E-state index in [4.69, 9.17) is 0 Å². The Bertz CT molecular complexity index is 1100. The van der Waals surface area contributed by atoms with Crippen LogP contribution in [0.25, 0.3) is 5.57 Å². The van der Waals surface area contributed by atoms with Crippen molar-refractivity contribution in [2.75, 3.05) is 13.6 Å². The summed E-state index contributed by atoms with van der Waals surface area (Å²) in [5.41, 5.74) is 3.73. The molecule has 2 heterocycles. The number of likely N-dealkylation sites (N-methyl/N-ethyl adjacent to an activating group) is 1. The molecule has 0 aliphatic rings. The average molecular weight is 434 g/mol. The fraction of sp³-hybridized carbons (Fsp3) is 0.320. The summed E-state index contributed by atoms with van der Waals surface area (Å²) in [7, 11) is 3.61. The molecule has 1 N–H and O–H groups in total. The van der Waals surface area contributed by atoms with Crippen LogP contribution in [-0.4, -0.2) is 50.7 Å². The molecule has 1 atom stereocenters. The Labute approximate surface area is 189 Å². The molecule has 1 unspecified atom stereocenters. The van der Waals surface area contributed by atoms with Gasteiger partial charge in [0, 0.05) is 33.4 Å². The maximum Gasteiger partial charge on any atom is 0.272 e. The van der Waals surface area contributed by atoms with Gasteiger partial charge in [0.2, 0.25) is 0 Å². The zero-order chi connectivity index (χ0) is 23.3. The van der Waals surface area contributed by atoms with Crippen molar-refractivity contribution >= 4 is 17.4 Å². The van der Waals surface area contributed by atoms with E-state index in [1.807, 2.05) is 69.6 Å². The molecule has 168 valence electrons. The lowest BCUT2D eigenvalue weighted by Crippen LogP contribution is -2.41. The van der Waals surface area contributed by atoms with Crippen LogP contribution < -0.4 is 5.32 Å². The standard InChI is InChI=1S/C25H31N5O2/c1-6-30-23(17-18(2)27-30)25(32)29(5)21(19(3)20-11-8-7-9-12-20)14-15-26-24(31)22-13-10-16-28(22)4/h7-13,16-17,21H,3,6,14-15H2,1-2,4-5H3,(H,26,31). The maximum absolute atomic E-state index is 13.4. The number of carbonyl (C=O) groups excluding carboxylic acids is 2. The van der Waals surface area contributed by atoms with Crippen LogP contribution in [-0.2, 0) is 13.6 Å². The molecule has 0 saturated carbocycles. The number of aromatic nitrogens is 3. The summed E-state index contributed by atoms with van der Waals surface area (Å²) in [4.78, 5) is 27.6. The number of carbonyl (C=O) groups is 2. The molecule has 32 heavy (non-hydrogen) atoms. The van der Waals surface area contributed by atoms with Gasteiger partial charge < -0.3 is 14.8 Å². The first-order chi connectivity index (χ1) is 15.3. The molecule has 0 saturated heterocycles. The van der Waals surface area contributed by atoms with E-state index in [1.54, 1.807) is 27.3 Å². The summed E-state index contributed by atoms with van der Waals surface area (Å²) in [6.07, 6.45) is 2.37. The molecule has 1 aromatic carbocycles. The van der Waals surface area contributed by atoms with Gasteiger partial charge >= 0.3 is 0 Å². The van der Waals surface area contributed by atoms with E-state index in [0.717, 1.165) is 16.8 Å². The molecule has 7 nitrogen and oxygen atoms in total. The van der Waals surface area contributed by atoms with E-state index in [9.17, 15) is 9.59 Å². The Morgan fingerprint density at radius 3 is 2.50 bits per heavy atom. The highest BCUT2D eigenvalue weighted by Gasteiger charge is 2.27. The summed E-state index contributed by atoms with van der Waals surface area (Å²) >= 11 is 0. The number of rotatable bonds is 9. The van der Waals surface area contributed by atoms with E-state index < -0.39 is 0 Å². The third-order valence-electron chi connectivity index (χ3n) is 5.64. The Morgan fingerprint density at radius 1 is 1.16 bits per heavy atom. The van der Waals surface area contributed by atoms with Gasteiger partial charge in [0.15, 0.2) is 0 Å². The quantitative estimate of drug-likeness (QED) is 0.561. The lowest BCUT2D eigenvalue weighted by Gasteiger charge is -2.30. The second-order valence-electron chi connectivity index (χ2n) is 7.86. The van der Waals surface area contributed by atoms with Crippen molar-refractivity contribution in [1.82, 2.24) is 24.6 Å².